The summed E-state index contributed by atoms with van der Waals surface area (Å²) in [7, 11) is 0. The van der Waals surface area contributed by atoms with Crippen LogP contribution in [0.5, 0.6) is 0 Å². The minimum atomic E-state index is -0.339. The standard InChI is InChI=1S/C19H34N4O3.2ClH/c20-14-16-6-7-17(26-16)18(24)21-8-9-22-10-12-23(13-11-22)19(25)15-4-2-1-3-5-15;;/h15-17H,1-14,20H2,(H,21,24);2*1H/t16-,17+;;/m1../s1. The molecule has 28 heavy (non-hydrogen) atoms. The van der Waals surface area contributed by atoms with Crippen LogP contribution in [0.3, 0.4) is 0 Å². The number of hydrogen-bond donors (Lipinski definition) is 2. The number of nitrogens with two attached hydrogens (primary N) is 1. The van der Waals surface area contributed by atoms with Crippen molar-refractivity contribution in [2.24, 2.45) is 11.7 Å². The van der Waals surface area contributed by atoms with E-state index in [-0.39, 0.29) is 48.8 Å². The predicted octanol–water partition coefficient (Wildman–Crippen LogP) is 1.18. The van der Waals surface area contributed by atoms with Gasteiger partial charge in [-0.05, 0) is 25.7 Å². The molecule has 0 bridgehead atoms. The maximum atomic E-state index is 12.6. The Labute approximate surface area is 180 Å². The normalized spacial score (nSPS) is 26.2. The van der Waals surface area contributed by atoms with Crippen molar-refractivity contribution in [3.05, 3.63) is 0 Å². The van der Waals surface area contributed by atoms with Gasteiger partial charge in [-0.2, -0.15) is 0 Å². The van der Waals surface area contributed by atoms with E-state index in [1.807, 2.05) is 4.90 Å². The molecule has 3 aliphatic rings. The van der Waals surface area contributed by atoms with Crippen molar-refractivity contribution in [3.63, 3.8) is 0 Å². The molecule has 9 heteroatoms. The third-order valence-electron chi connectivity index (χ3n) is 6.03. The van der Waals surface area contributed by atoms with Crippen LogP contribution in [-0.2, 0) is 14.3 Å². The first-order valence-corrected chi connectivity index (χ1v) is 10.3. The molecule has 0 radical (unpaired) electrons. The van der Waals surface area contributed by atoms with Gasteiger partial charge in [0.25, 0.3) is 0 Å². The van der Waals surface area contributed by atoms with Crippen LogP contribution in [0.2, 0.25) is 0 Å². The molecule has 0 spiro atoms. The Balaban J connectivity index is 0.00000196. The Kier molecular flexibility index (Phi) is 11.7. The number of hydrogen-bond acceptors (Lipinski definition) is 5. The molecule has 1 saturated carbocycles. The van der Waals surface area contributed by atoms with Gasteiger partial charge >= 0.3 is 0 Å². The van der Waals surface area contributed by atoms with E-state index in [2.05, 4.69) is 10.2 Å². The molecule has 3 N–H and O–H groups in total. The van der Waals surface area contributed by atoms with Crippen molar-refractivity contribution in [3.8, 4) is 0 Å². The molecule has 0 unspecified atom stereocenters. The Bertz CT molecular complexity index is 484. The largest absolute Gasteiger partial charge is 0.364 e. The lowest BCUT2D eigenvalue weighted by Crippen LogP contribution is -2.52. The van der Waals surface area contributed by atoms with Gasteiger partial charge in [0.2, 0.25) is 11.8 Å². The van der Waals surface area contributed by atoms with E-state index in [0.717, 1.165) is 58.4 Å². The van der Waals surface area contributed by atoms with Crippen molar-refractivity contribution in [1.29, 1.82) is 0 Å². The number of halogens is 2. The number of ether oxygens (including phenoxy) is 1. The van der Waals surface area contributed by atoms with Crippen LogP contribution in [0.1, 0.15) is 44.9 Å². The molecular formula is C19H36Cl2N4O3. The smallest absolute Gasteiger partial charge is 0.249 e. The fourth-order valence-electron chi connectivity index (χ4n) is 4.32. The fraction of sp³-hybridized carbons (Fsp3) is 0.895. The van der Waals surface area contributed by atoms with Gasteiger partial charge in [-0.25, -0.2) is 0 Å². The predicted molar refractivity (Wildman–Crippen MR) is 114 cm³/mol. The van der Waals surface area contributed by atoms with Gasteiger partial charge in [0.1, 0.15) is 6.10 Å². The molecule has 2 saturated heterocycles. The third kappa shape index (κ3) is 7.02. The summed E-state index contributed by atoms with van der Waals surface area (Å²) in [6.45, 7) is 5.34. The molecule has 3 fully saturated rings. The number of carbonyl (C=O) groups excluding carboxylic acids is 2. The highest BCUT2D eigenvalue weighted by atomic mass is 35.5. The van der Waals surface area contributed by atoms with Gasteiger partial charge in [-0.3, -0.25) is 14.5 Å². The van der Waals surface area contributed by atoms with Crippen LogP contribution < -0.4 is 11.1 Å². The molecule has 2 heterocycles. The second-order valence-corrected chi connectivity index (χ2v) is 7.85. The average molecular weight is 439 g/mol. The molecule has 1 aliphatic carbocycles. The Morgan fingerprint density at radius 2 is 1.64 bits per heavy atom. The lowest BCUT2D eigenvalue weighted by atomic mass is 9.88. The van der Waals surface area contributed by atoms with Crippen molar-refractivity contribution < 1.29 is 14.3 Å². The zero-order chi connectivity index (χ0) is 18.4. The van der Waals surface area contributed by atoms with E-state index < -0.39 is 0 Å². The lowest BCUT2D eigenvalue weighted by Gasteiger charge is -2.37. The van der Waals surface area contributed by atoms with Crippen LogP contribution in [0.25, 0.3) is 0 Å². The zero-order valence-electron chi connectivity index (χ0n) is 16.6. The van der Waals surface area contributed by atoms with E-state index in [9.17, 15) is 9.59 Å². The van der Waals surface area contributed by atoms with E-state index >= 15 is 0 Å². The lowest BCUT2D eigenvalue weighted by molar-refractivity contribution is -0.138. The number of rotatable bonds is 6. The minimum absolute atomic E-state index is 0. The van der Waals surface area contributed by atoms with E-state index in [4.69, 9.17) is 10.5 Å². The second-order valence-electron chi connectivity index (χ2n) is 7.85. The third-order valence-corrected chi connectivity index (χ3v) is 6.03. The maximum Gasteiger partial charge on any atom is 0.249 e. The fourth-order valence-corrected chi connectivity index (χ4v) is 4.32. The molecule has 2 amide bonds. The number of nitrogens with one attached hydrogen (secondary N) is 1. The molecule has 3 rings (SSSR count). The monoisotopic (exact) mass is 438 g/mol. The number of nitrogens with zero attached hydrogens (tertiary/aromatic N) is 2. The molecule has 0 aromatic carbocycles. The van der Waals surface area contributed by atoms with Gasteiger partial charge < -0.3 is 20.7 Å². The molecule has 2 aliphatic heterocycles. The zero-order valence-corrected chi connectivity index (χ0v) is 18.3. The van der Waals surface area contributed by atoms with Gasteiger partial charge in [0.05, 0.1) is 6.10 Å². The van der Waals surface area contributed by atoms with Gasteiger partial charge in [0.15, 0.2) is 0 Å². The van der Waals surface area contributed by atoms with E-state index in [1.54, 1.807) is 0 Å². The molecule has 7 nitrogen and oxygen atoms in total. The highest BCUT2D eigenvalue weighted by molar-refractivity contribution is 5.85. The summed E-state index contributed by atoms with van der Waals surface area (Å²) in [6.07, 6.45) is 7.13. The van der Waals surface area contributed by atoms with E-state index in [0.29, 0.717) is 19.0 Å². The van der Waals surface area contributed by atoms with Crippen molar-refractivity contribution in [2.45, 2.75) is 57.2 Å². The Morgan fingerprint density at radius 1 is 0.964 bits per heavy atom. The number of carbonyl (C=O) groups is 2. The van der Waals surface area contributed by atoms with Gasteiger partial charge in [0, 0.05) is 51.7 Å². The van der Waals surface area contributed by atoms with Crippen LogP contribution in [0.4, 0.5) is 0 Å². The summed E-state index contributed by atoms with van der Waals surface area (Å²) < 4.78 is 5.62. The Hall–Kier alpha value is -0.600. The molecule has 0 aromatic heterocycles. The van der Waals surface area contributed by atoms with Crippen molar-refractivity contribution in [2.75, 3.05) is 45.8 Å². The summed E-state index contributed by atoms with van der Waals surface area (Å²) >= 11 is 0. The van der Waals surface area contributed by atoms with Gasteiger partial charge in [-0.1, -0.05) is 19.3 Å². The first-order valence-electron chi connectivity index (χ1n) is 10.3. The first kappa shape index (κ1) is 25.4. The highest BCUT2D eigenvalue weighted by Crippen LogP contribution is 2.25. The first-order chi connectivity index (χ1) is 12.7. The second kappa shape index (κ2) is 12.9. The average Bonchev–Trinajstić information content (AvgIpc) is 3.18. The van der Waals surface area contributed by atoms with Gasteiger partial charge in [-0.15, -0.1) is 24.8 Å². The summed E-state index contributed by atoms with van der Waals surface area (Å²) in [5, 5.41) is 2.98. The molecule has 164 valence electrons. The van der Waals surface area contributed by atoms with E-state index in [1.165, 1.54) is 19.3 Å². The number of amides is 2. The van der Waals surface area contributed by atoms with Crippen LogP contribution >= 0.6 is 24.8 Å². The van der Waals surface area contributed by atoms with Crippen LogP contribution in [-0.4, -0.2) is 79.6 Å². The topological polar surface area (TPSA) is 87.9 Å². The minimum Gasteiger partial charge on any atom is -0.364 e. The number of piperazine rings is 1. The highest BCUT2D eigenvalue weighted by Gasteiger charge is 2.30. The summed E-state index contributed by atoms with van der Waals surface area (Å²) in [5.41, 5.74) is 5.58. The van der Waals surface area contributed by atoms with Crippen molar-refractivity contribution >= 4 is 36.6 Å². The SMILES string of the molecule is Cl.Cl.NC[C@H]1CC[C@@H](C(=O)NCCN2CCN(C(=O)C3CCCCC3)CC2)O1. The molecule has 2 atom stereocenters. The van der Waals surface area contributed by atoms with Crippen LogP contribution in [0.15, 0.2) is 0 Å². The summed E-state index contributed by atoms with van der Waals surface area (Å²) in [6, 6.07) is 0. The quantitative estimate of drug-likeness (QED) is 0.649. The Morgan fingerprint density at radius 3 is 2.25 bits per heavy atom. The van der Waals surface area contributed by atoms with Crippen molar-refractivity contribution in [1.82, 2.24) is 15.1 Å². The summed E-state index contributed by atoms with van der Waals surface area (Å²) in [4.78, 5) is 29.1. The maximum absolute atomic E-state index is 12.6. The molecular weight excluding hydrogens is 403 g/mol. The summed E-state index contributed by atoms with van der Waals surface area (Å²) in [5.74, 6) is 0.607. The van der Waals surface area contributed by atoms with Crippen LogP contribution in [0, 0.1) is 5.92 Å². The molecule has 0 aromatic rings.